The second kappa shape index (κ2) is 15.5. The van der Waals surface area contributed by atoms with Gasteiger partial charge in [-0.2, -0.15) is 0 Å². The zero-order valence-electron chi connectivity index (χ0n) is 29.3. The molecule has 3 heterocycles. The normalized spacial score (nSPS) is 17.6. The van der Waals surface area contributed by atoms with Crippen LogP contribution in [0.2, 0.25) is 0 Å². The number of benzene rings is 3. The molecular formula is C37H43N3O10. The maximum absolute atomic E-state index is 13.1. The van der Waals surface area contributed by atoms with Gasteiger partial charge < -0.3 is 47.6 Å². The highest BCUT2D eigenvalue weighted by molar-refractivity contribution is 6.04. The Balaban J connectivity index is 1.06. The molecule has 6 rings (SSSR count). The molecule has 266 valence electrons. The number of oxime groups is 1. The lowest BCUT2D eigenvalue weighted by molar-refractivity contribution is 0.0774. The lowest BCUT2D eigenvalue weighted by Crippen LogP contribution is -2.35. The van der Waals surface area contributed by atoms with E-state index in [1.807, 2.05) is 35.4 Å². The van der Waals surface area contributed by atoms with Crippen LogP contribution < -0.4 is 37.9 Å². The Bertz CT molecular complexity index is 1720. The smallest absolute Gasteiger partial charge is 0.256 e. The van der Waals surface area contributed by atoms with E-state index in [1.165, 1.54) is 0 Å². The summed E-state index contributed by atoms with van der Waals surface area (Å²) in [6, 6.07) is 11.0. The molecular weight excluding hydrogens is 646 g/mol. The lowest BCUT2D eigenvalue weighted by Gasteiger charge is -2.20. The minimum Gasteiger partial charge on any atom is -0.493 e. The van der Waals surface area contributed by atoms with Crippen molar-refractivity contribution in [1.82, 2.24) is 4.90 Å². The third-order valence-electron chi connectivity index (χ3n) is 9.02. The molecule has 0 N–H and O–H groups in total. The van der Waals surface area contributed by atoms with Crippen molar-refractivity contribution in [2.75, 3.05) is 62.4 Å². The Morgan fingerprint density at radius 1 is 0.740 bits per heavy atom. The molecule has 1 amide bonds. The maximum atomic E-state index is 13.1. The summed E-state index contributed by atoms with van der Waals surface area (Å²) in [6.45, 7) is 1.56. The van der Waals surface area contributed by atoms with E-state index in [9.17, 15) is 4.79 Å². The van der Waals surface area contributed by atoms with Gasteiger partial charge in [0.15, 0.2) is 40.6 Å². The minimum absolute atomic E-state index is 0.0229. The highest BCUT2D eigenvalue weighted by atomic mass is 16.6. The van der Waals surface area contributed by atoms with Crippen molar-refractivity contribution in [3.63, 3.8) is 0 Å². The number of fused-ring (bicyclic) bond motifs is 2. The molecule has 3 aromatic rings. The molecule has 1 unspecified atom stereocenters. The highest BCUT2D eigenvalue weighted by Gasteiger charge is 2.33. The van der Waals surface area contributed by atoms with Crippen molar-refractivity contribution in [2.45, 2.75) is 44.2 Å². The van der Waals surface area contributed by atoms with Crippen LogP contribution in [-0.2, 0) is 4.84 Å². The first-order valence-corrected chi connectivity index (χ1v) is 16.5. The molecule has 50 heavy (non-hydrogen) atoms. The van der Waals surface area contributed by atoms with E-state index in [0.717, 1.165) is 36.2 Å². The van der Waals surface area contributed by atoms with Crippen LogP contribution in [0.1, 0.15) is 59.7 Å². The van der Waals surface area contributed by atoms with E-state index in [1.54, 1.807) is 54.8 Å². The van der Waals surface area contributed by atoms with E-state index < -0.39 is 0 Å². The van der Waals surface area contributed by atoms with Crippen molar-refractivity contribution in [2.24, 2.45) is 10.1 Å². The van der Waals surface area contributed by atoms with Gasteiger partial charge >= 0.3 is 0 Å². The standard InChI is InChI=1S/C37H43N3O10/c1-42-29-18-25-27(38-21-24-10-9-11-40(24)37(25)41)20-30(29)48-12-7-8-13-49-36-33(45-4)14-22(15-34(36)46-5)26-19-28(50-39-26)23-16-31(43-2)35(47-6)32(17-23)44-3/h14-18,20-21,24,28H,7-13,19H2,1-6H3/t24-,28?/m0/s1. The van der Waals surface area contributed by atoms with Crippen LogP contribution in [0.3, 0.4) is 0 Å². The zero-order chi connectivity index (χ0) is 35.2. The molecule has 0 saturated carbocycles. The van der Waals surface area contributed by atoms with Crippen LogP contribution >= 0.6 is 0 Å². The van der Waals surface area contributed by atoms with E-state index in [-0.39, 0.29) is 18.1 Å². The number of carbonyl (C=O) groups is 1. The second-order valence-electron chi connectivity index (χ2n) is 11.9. The summed E-state index contributed by atoms with van der Waals surface area (Å²) in [6.07, 6.45) is 5.33. The van der Waals surface area contributed by atoms with Crippen LogP contribution in [0.25, 0.3) is 0 Å². The molecule has 0 aliphatic carbocycles. The van der Waals surface area contributed by atoms with Crippen molar-refractivity contribution in [3.8, 4) is 46.0 Å². The zero-order valence-corrected chi connectivity index (χ0v) is 29.3. The lowest BCUT2D eigenvalue weighted by atomic mass is 9.99. The Hall–Kier alpha value is -5.33. The Morgan fingerprint density at radius 2 is 1.38 bits per heavy atom. The fourth-order valence-corrected chi connectivity index (χ4v) is 6.38. The fourth-order valence-electron chi connectivity index (χ4n) is 6.38. The van der Waals surface area contributed by atoms with Crippen LogP contribution in [0.15, 0.2) is 46.5 Å². The third-order valence-corrected chi connectivity index (χ3v) is 9.02. The molecule has 13 nitrogen and oxygen atoms in total. The first-order valence-electron chi connectivity index (χ1n) is 16.5. The molecule has 13 heteroatoms. The van der Waals surface area contributed by atoms with Crippen LogP contribution in [0.5, 0.6) is 46.0 Å². The van der Waals surface area contributed by atoms with E-state index in [4.69, 9.17) is 42.7 Å². The molecule has 3 aromatic carbocycles. The van der Waals surface area contributed by atoms with E-state index >= 15 is 0 Å². The van der Waals surface area contributed by atoms with Gasteiger partial charge in [-0.25, -0.2) is 0 Å². The Kier molecular flexibility index (Phi) is 10.7. The summed E-state index contributed by atoms with van der Waals surface area (Å²) < 4.78 is 45.7. The molecule has 0 spiro atoms. The fraction of sp³-hybridized carbons (Fsp3) is 0.432. The second-order valence-corrected chi connectivity index (χ2v) is 11.9. The first kappa shape index (κ1) is 34.5. The van der Waals surface area contributed by atoms with Gasteiger partial charge in [0.1, 0.15) is 0 Å². The number of hydrogen-bond acceptors (Lipinski definition) is 12. The molecule has 0 bridgehead atoms. The molecule has 1 saturated heterocycles. The van der Waals surface area contributed by atoms with Crippen LogP contribution in [0, 0.1) is 0 Å². The van der Waals surface area contributed by atoms with Crippen molar-refractivity contribution in [1.29, 1.82) is 0 Å². The number of nitrogens with zero attached hydrogens (tertiary/aromatic N) is 3. The maximum Gasteiger partial charge on any atom is 0.256 e. The van der Waals surface area contributed by atoms with Gasteiger partial charge in [0.25, 0.3) is 5.91 Å². The van der Waals surface area contributed by atoms with E-state index in [2.05, 4.69) is 10.1 Å². The minimum atomic E-state index is -0.354. The summed E-state index contributed by atoms with van der Waals surface area (Å²) in [5.74, 6) is 4.14. The number of ether oxygens (including phenoxy) is 8. The molecule has 3 aliphatic heterocycles. The van der Waals surface area contributed by atoms with Gasteiger partial charge in [0, 0.05) is 36.4 Å². The van der Waals surface area contributed by atoms with Gasteiger partial charge in [-0.05, 0) is 56.0 Å². The van der Waals surface area contributed by atoms with Crippen LogP contribution in [0.4, 0.5) is 5.69 Å². The van der Waals surface area contributed by atoms with Crippen molar-refractivity contribution < 1.29 is 47.5 Å². The summed E-state index contributed by atoms with van der Waals surface area (Å²) in [7, 11) is 9.45. The number of unbranched alkanes of at least 4 members (excludes halogenated alkanes) is 1. The average molecular weight is 690 g/mol. The third kappa shape index (κ3) is 6.89. The molecule has 2 atom stereocenters. The summed E-state index contributed by atoms with van der Waals surface area (Å²) >= 11 is 0. The van der Waals surface area contributed by atoms with Gasteiger partial charge in [0.2, 0.25) is 11.5 Å². The predicted octanol–water partition coefficient (Wildman–Crippen LogP) is 6.16. The van der Waals surface area contributed by atoms with Crippen molar-refractivity contribution in [3.05, 3.63) is 53.1 Å². The summed E-state index contributed by atoms with van der Waals surface area (Å²) in [5, 5.41) is 4.38. The first-order chi connectivity index (χ1) is 24.4. The monoisotopic (exact) mass is 689 g/mol. The average Bonchev–Trinajstić information content (AvgIpc) is 3.82. The van der Waals surface area contributed by atoms with Gasteiger partial charge in [0.05, 0.1) is 78.9 Å². The molecule has 0 radical (unpaired) electrons. The van der Waals surface area contributed by atoms with E-state index in [0.29, 0.717) is 89.7 Å². The number of aliphatic imine (C=N–C) groups is 1. The molecule has 1 fully saturated rings. The van der Waals surface area contributed by atoms with Gasteiger partial charge in [-0.1, -0.05) is 5.16 Å². The number of rotatable bonds is 15. The number of amides is 1. The highest BCUT2D eigenvalue weighted by Crippen LogP contribution is 2.44. The number of methoxy groups -OCH3 is 6. The Morgan fingerprint density at radius 3 is 2.02 bits per heavy atom. The topological polar surface area (TPSA) is 128 Å². The number of carbonyl (C=O) groups excluding carboxylic acids is 1. The van der Waals surface area contributed by atoms with Gasteiger partial charge in [-0.15, -0.1) is 0 Å². The Labute approximate surface area is 291 Å². The molecule has 0 aromatic heterocycles. The SMILES string of the molecule is COc1cc2c(cc1OCCCCOc1c(OC)cc(C3=NOC(c4cc(OC)c(OC)c(OC)c4)C3)cc1OC)N=C[C@@H]1CCCN1C2=O. The summed E-state index contributed by atoms with van der Waals surface area (Å²) in [5.41, 5.74) is 3.48. The largest absolute Gasteiger partial charge is 0.493 e. The summed E-state index contributed by atoms with van der Waals surface area (Å²) in [4.78, 5) is 25.5. The predicted molar refractivity (Wildman–Crippen MR) is 186 cm³/mol. The van der Waals surface area contributed by atoms with Crippen molar-refractivity contribution >= 4 is 23.5 Å². The van der Waals surface area contributed by atoms with Gasteiger partial charge in [-0.3, -0.25) is 9.79 Å². The molecule has 3 aliphatic rings. The quantitative estimate of drug-likeness (QED) is 0.171. The van der Waals surface area contributed by atoms with Crippen LogP contribution in [-0.4, -0.2) is 91.2 Å². The number of hydrogen-bond donors (Lipinski definition) is 0.